The predicted octanol–water partition coefficient (Wildman–Crippen LogP) is 2.99. The van der Waals surface area contributed by atoms with Crippen LogP contribution in [0.25, 0.3) is 5.65 Å². The molecule has 0 saturated carbocycles. The summed E-state index contributed by atoms with van der Waals surface area (Å²) in [5, 5.41) is 2.69. The van der Waals surface area contributed by atoms with Gasteiger partial charge in [-0.25, -0.2) is 4.98 Å². The summed E-state index contributed by atoms with van der Waals surface area (Å²) in [5.74, 6) is -0.355. The summed E-state index contributed by atoms with van der Waals surface area (Å²) in [6, 6.07) is 4.67. The number of hydrogen-bond acceptors (Lipinski definition) is 3. The lowest BCUT2D eigenvalue weighted by Gasteiger charge is -2.09. The van der Waals surface area contributed by atoms with E-state index >= 15 is 0 Å². The Bertz CT molecular complexity index is 884. The summed E-state index contributed by atoms with van der Waals surface area (Å²) >= 11 is 0. The minimum atomic E-state index is -4.37. The van der Waals surface area contributed by atoms with Crippen molar-refractivity contribution >= 4 is 11.6 Å². The average molecular weight is 334 g/mol. The topological polar surface area (TPSA) is 59.3 Å². The van der Waals surface area contributed by atoms with Gasteiger partial charge in [0.1, 0.15) is 5.69 Å². The van der Waals surface area contributed by atoms with Crippen molar-refractivity contribution in [1.82, 2.24) is 19.7 Å². The van der Waals surface area contributed by atoms with Crippen molar-refractivity contribution in [2.24, 2.45) is 0 Å². The molecule has 0 aliphatic heterocycles. The van der Waals surface area contributed by atoms with E-state index in [1.54, 1.807) is 29.9 Å². The largest absolute Gasteiger partial charge is 0.416 e. The highest BCUT2D eigenvalue weighted by Gasteiger charge is 2.29. The van der Waals surface area contributed by atoms with E-state index in [9.17, 15) is 18.0 Å². The third kappa shape index (κ3) is 3.08. The molecule has 2 heterocycles. The smallest absolute Gasteiger partial charge is 0.347 e. The number of alkyl halides is 3. The van der Waals surface area contributed by atoms with Gasteiger partial charge >= 0.3 is 6.18 Å². The summed E-state index contributed by atoms with van der Waals surface area (Å²) < 4.78 is 39.2. The first-order valence-electron chi connectivity index (χ1n) is 7.09. The van der Waals surface area contributed by atoms with Crippen molar-refractivity contribution < 1.29 is 18.0 Å². The first-order chi connectivity index (χ1) is 11.4. The second-order valence-electron chi connectivity index (χ2n) is 5.23. The van der Waals surface area contributed by atoms with Crippen LogP contribution in [-0.4, -0.2) is 20.3 Å². The molecular formula is C16H13F3N4O. The van der Waals surface area contributed by atoms with E-state index in [4.69, 9.17) is 0 Å². The Labute approximate surface area is 135 Å². The number of aryl methyl sites for hydroxylation is 1. The van der Waals surface area contributed by atoms with Gasteiger partial charge in [0, 0.05) is 18.9 Å². The van der Waals surface area contributed by atoms with Gasteiger partial charge in [-0.3, -0.25) is 14.2 Å². The van der Waals surface area contributed by atoms with E-state index < -0.39 is 11.7 Å². The molecule has 0 bridgehead atoms. The number of nitrogens with one attached hydrogen (secondary N) is 1. The minimum absolute atomic E-state index is 0.120. The van der Waals surface area contributed by atoms with Gasteiger partial charge in [-0.05, 0) is 24.6 Å². The molecule has 3 rings (SSSR count). The van der Waals surface area contributed by atoms with Crippen LogP contribution in [0.15, 0.2) is 42.9 Å². The molecule has 5 nitrogen and oxygen atoms in total. The number of nitrogens with zero attached hydrogens (tertiary/aromatic N) is 3. The molecule has 0 aliphatic rings. The maximum Gasteiger partial charge on any atom is 0.416 e. The summed E-state index contributed by atoms with van der Waals surface area (Å²) in [7, 11) is 0. The van der Waals surface area contributed by atoms with E-state index in [0.29, 0.717) is 22.6 Å². The molecule has 1 N–H and O–H groups in total. The van der Waals surface area contributed by atoms with E-state index in [1.807, 2.05) is 0 Å². The summed E-state index contributed by atoms with van der Waals surface area (Å²) in [6.07, 6.45) is 0.339. The highest BCUT2D eigenvalue weighted by atomic mass is 19.4. The number of rotatable bonds is 3. The molecule has 8 heteroatoms. The van der Waals surface area contributed by atoms with Crippen molar-refractivity contribution in [3.63, 3.8) is 0 Å². The highest BCUT2D eigenvalue weighted by molar-refractivity contribution is 5.94. The average Bonchev–Trinajstić information content (AvgIpc) is 2.88. The second-order valence-corrected chi connectivity index (χ2v) is 5.23. The molecule has 0 spiro atoms. The molecule has 24 heavy (non-hydrogen) atoms. The molecule has 3 aromatic rings. The van der Waals surface area contributed by atoms with Crippen molar-refractivity contribution in [2.45, 2.75) is 19.6 Å². The number of carbonyl (C=O) groups excluding carboxylic acids is 1. The number of benzene rings is 1. The Hall–Kier alpha value is -2.90. The molecule has 0 unspecified atom stereocenters. The second kappa shape index (κ2) is 5.95. The van der Waals surface area contributed by atoms with Gasteiger partial charge in [-0.2, -0.15) is 13.2 Å². The van der Waals surface area contributed by atoms with Gasteiger partial charge < -0.3 is 5.32 Å². The third-order valence-electron chi connectivity index (χ3n) is 3.55. The number of aromatic nitrogens is 3. The third-order valence-corrected chi connectivity index (χ3v) is 3.55. The maximum atomic E-state index is 12.5. The molecular weight excluding hydrogens is 321 g/mol. The fourth-order valence-corrected chi connectivity index (χ4v) is 2.38. The number of halogens is 3. The van der Waals surface area contributed by atoms with Crippen LogP contribution in [0, 0.1) is 6.92 Å². The van der Waals surface area contributed by atoms with Crippen LogP contribution in [0.2, 0.25) is 0 Å². The van der Waals surface area contributed by atoms with Gasteiger partial charge in [-0.1, -0.05) is 12.1 Å². The molecule has 124 valence electrons. The highest BCUT2D eigenvalue weighted by Crippen LogP contribution is 2.29. The Morgan fingerprint density at radius 2 is 1.96 bits per heavy atom. The number of hydrogen-bond donors (Lipinski definition) is 1. The van der Waals surface area contributed by atoms with Gasteiger partial charge in [0.05, 0.1) is 17.5 Å². The molecule has 0 aliphatic carbocycles. The Balaban J connectivity index is 1.74. The molecule has 0 radical (unpaired) electrons. The van der Waals surface area contributed by atoms with Gasteiger partial charge in [0.2, 0.25) is 0 Å². The van der Waals surface area contributed by atoms with Crippen LogP contribution < -0.4 is 5.32 Å². The van der Waals surface area contributed by atoms with Crippen molar-refractivity contribution in [1.29, 1.82) is 0 Å². The van der Waals surface area contributed by atoms with Crippen LogP contribution in [0.4, 0.5) is 13.2 Å². The van der Waals surface area contributed by atoms with Crippen LogP contribution in [-0.2, 0) is 12.7 Å². The molecule has 0 saturated heterocycles. The predicted molar refractivity (Wildman–Crippen MR) is 80.3 cm³/mol. The van der Waals surface area contributed by atoms with Crippen molar-refractivity contribution in [3.05, 3.63) is 65.4 Å². The SMILES string of the molecule is Cc1nc2cnccn2c1C(=O)NCc1ccc(C(F)(F)F)cc1. The van der Waals surface area contributed by atoms with Crippen LogP contribution >= 0.6 is 0 Å². The molecule has 0 atom stereocenters. The Morgan fingerprint density at radius 3 is 2.62 bits per heavy atom. The van der Waals surface area contributed by atoms with E-state index in [1.165, 1.54) is 12.1 Å². The minimum Gasteiger partial charge on any atom is -0.347 e. The normalized spacial score (nSPS) is 11.7. The lowest BCUT2D eigenvalue weighted by molar-refractivity contribution is -0.137. The summed E-state index contributed by atoms with van der Waals surface area (Å²) in [5.41, 5.74) is 1.33. The first kappa shape index (κ1) is 16.0. The van der Waals surface area contributed by atoms with Crippen LogP contribution in [0.5, 0.6) is 0 Å². The molecule has 0 fully saturated rings. The Morgan fingerprint density at radius 1 is 1.25 bits per heavy atom. The van der Waals surface area contributed by atoms with Crippen LogP contribution in [0.1, 0.15) is 27.3 Å². The van der Waals surface area contributed by atoms with E-state index in [-0.39, 0.29) is 12.5 Å². The zero-order valence-electron chi connectivity index (χ0n) is 12.6. The monoisotopic (exact) mass is 334 g/mol. The van der Waals surface area contributed by atoms with Crippen molar-refractivity contribution in [3.8, 4) is 0 Å². The maximum absolute atomic E-state index is 12.5. The van der Waals surface area contributed by atoms with Gasteiger partial charge in [0.15, 0.2) is 5.65 Å². The van der Waals surface area contributed by atoms with Gasteiger partial charge in [-0.15, -0.1) is 0 Å². The summed E-state index contributed by atoms with van der Waals surface area (Å²) in [6.45, 7) is 1.83. The fraction of sp³-hybridized carbons (Fsp3) is 0.188. The number of fused-ring (bicyclic) bond motifs is 1. The number of amides is 1. The zero-order valence-corrected chi connectivity index (χ0v) is 12.6. The first-order valence-corrected chi connectivity index (χ1v) is 7.09. The lowest BCUT2D eigenvalue weighted by atomic mass is 10.1. The van der Waals surface area contributed by atoms with E-state index in [2.05, 4.69) is 15.3 Å². The molecule has 1 amide bonds. The standard InChI is InChI=1S/C16H13F3N4O/c1-10-14(23-7-6-20-9-13(23)22-10)15(24)21-8-11-2-4-12(5-3-11)16(17,18)19/h2-7,9H,8H2,1H3,(H,21,24). The molecule has 2 aromatic heterocycles. The molecule has 1 aromatic carbocycles. The lowest BCUT2D eigenvalue weighted by Crippen LogP contribution is -2.25. The fourth-order valence-electron chi connectivity index (χ4n) is 2.38. The number of carbonyl (C=O) groups is 1. The quantitative estimate of drug-likeness (QED) is 0.801. The van der Waals surface area contributed by atoms with Crippen molar-refractivity contribution in [2.75, 3.05) is 0 Å². The van der Waals surface area contributed by atoms with Crippen LogP contribution in [0.3, 0.4) is 0 Å². The number of imidazole rings is 1. The Kier molecular flexibility index (Phi) is 3.96. The zero-order chi connectivity index (χ0) is 17.3. The summed E-state index contributed by atoms with van der Waals surface area (Å²) in [4.78, 5) is 20.6. The van der Waals surface area contributed by atoms with E-state index in [0.717, 1.165) is 12.1 Å². The van der Waals surface area contributed by atoms with Gasteiger partial charge in [0.25, 0.3) is 5.91 Å².